The van der Waals surface area contributed by atoms with E-state index in [0.29, 0.717) is 24.2 Å². The summed E-state index contributed by atoms with van der Waals surface area (Å²) < 4.78 is 39.9. The van der Waals surface area contributed by atoms with Gasteiger partial charge < -0.3 is 5.32 Å². The Morgan fingerprint density at radius 2 is 1.85 bits per heavy atom. The quantitative estimate of drug-likeness (QED) is 0.669. The van der Waals surface area contributed by atoms with Crippen LogP contribution in [0.25, 0.3) is 0 Å². The molecule has 2 aromatic rings. The van der Waals surface area contributed by atoms with E-state index in [0.717, 1.165) is 29.0 Å². The Morgan fingerprint density at radius 3 is 2.61 bits per heavy atom. The predicted molar refractivity (Wildman–Crippen MR) is 112 cm³/mol. The molecule has 0 bridgehead atoms. The van der Waals surface area contributed by atoms with Gasteiger partial charge in [0.25, 0.3) is 0 Å². The van der Waals surface area contributed by atoms with Crippen LogP contribution >= 0.6 is 0 Å². The largest absolute Gasteiger partial charge is 0.416 e. The van der Waals surface area contributed by atoms with Crippen molar-refractivity contribution in [2.24, 2.45) is 11.8 Å². The summed E-state index contributed by atoms with van der Waals surface area (Å²) in [5.74, 6) is -3.29. The highest BCUT2D eigenvalue weighted by Gasteiger charge is 2.74. The molecule has 3 fully saturated rings. The number of nitrogens with one attached hydrogen (secondary N) is 1. The fourth-order valence-electron chi connectivity index (χ4n) is 6.39. The number of benzene rings is 2. The summed E-state index contributed by atoms with van der Waals surface area (Å²) in [6.45, 7) is 2.46. The highest BCUT2D eigenvalue weighted by molar-refractivity contribution is 6.25. The molecule has 1 N–H and O–H groups in total. The van der Waals surface area contributed by atoms with Gasteiger partial charge in [-0.05, 0) is 50.6 Å². The first-order chi connectivity index (χ1) is 15.7. The van der Waals surface area contributed by atoms with Gasteiger partial charge in [-0.2, -0.15) is 13.2 Å². The molecule has 0 saturated carbocycles. The molecule has 0 aromatic heterocycles. The number of fused-ring (bicyclic) bond motifs is 7. The first kappa shape index (κ1) is 20.4. The Kier molecular flexibility index (Phi) is 3.98. The lowest BCUT2D eigenvalue weighted by Crippen LogP contribution is -2.54. The molecule has 6 rings (SSSR count). The first-order valence-electron chi connectivity index (χ1n) is 10.9. The van der Waals surface area contributed by atoms with E-state index in [9.17, 15) is 27.6 Å². The summed E-state index contributed by atoms with van der Waals surface area (Å²) in [6.07, 6.45) is -3.19. The van der Waals surface area contributed by atoms with Crippen LogP contribution in [0.4, 0.5) is 24.5 Å². The highest BCUT2D eigenvalue weighted by atomic mass is 19.4. The van der Waals surface area contributed by atoms with Crippen molar-refractivity contribution < 1.29 is 27.6 Å². The maximum atomic E-state index is 13.8. The highest BCUT2D eigenvalue weighted by Crippen LogP contribution is 2.60. The van der Waals surface area contributed by atoms with Crippen LogP contribution in [0.1, 0.15) is 29.5 Å². The Labute approximate surface area is 187 Å². The van der Waals surface area contributed by atoms with Crippen LogP contribution in [0, 0.1) is 18.8 Å². The van der Waals surface area contributed by atoms with Gasteiger partial charge in [0.05, 0.1) is 23.1 Å². The van der Waals surface area contributed by atoms with Crippen molar-refractivity contribution in [2.75, 3.05) is 16.8 Å². The molecular formula is C24H20F3N3O3. The number of carbonyl (C=O) groups is 3. The van der Waals surface area contributed by atoms with E-state index < -0.39 is 40.9 Å². The van der Waals surface area contributed by atoms with Crippen LogP contribution in [0.5, 0.6) is 0 Å². The van der Waals surface area contributed by atoms with E-state index in [1.54, 1.807) is 6.07 Å². The zero-order chi connectivity index (χ0) is 23.3. The van der Waals surface area contributed by atoms with Crippen molar-refractivity contribution in [3.05, 3.63) is 59.2 Å². The second kappa shape index (κ2) is 6.44. The minimum atomic E-state index is -4.61. The van der Waals surface area contributed by atoms with Gasteiger partial charge in [0, 0.05) is 17.3 Å². The molecule has 3 saturated heterocycles. The van der Waals surface area contributed by atoms with Crippen LogP contribution in [0.2, 0.25) is 0 Å². The number of imide groups is 1. The number of halogens is 3. The Morgan fingerprint density at radius 1 is 1.06 bits per heavy atom. The van der Waals surface area contributed by atoms with Crippen molar-refractivity contribution in [2.45, 2.75) is 37.5 Å². The summed E-state index contributed by atoms with van der Waals surface area (Å²) in [6, 6.07) is 9.45. The molecule has 4 aliphatic heterocycles. The van der Waals surface area contributed by atoms with Gasteiger partial charge in [-0.1, -0.05) is 23.8 Å². The van der Waals surface area contributed by atoms with E-state index in [1.165, 1.54) is 12.1 Å². The number of hydrogen-bond donors (Lipinski definition) is 1. The average molecular weight is 455 g/mol. The van der Waals surface area contributed by atoms with Gasteiger partial charge in [0.1, 0.15) is 5.54 Å². The van der Waals surface area contributed by atoms with Crippen LogP contribution < -0.4 is 10.2 Å². The van der Waals surface area contributed by atoms with Crippen molar-refractivity contribution in [1.82, 2.24) is 4.90 Å². The van der Waals surface area contributed by atoms with Gasteiger partial charge in [-0.15, -0.1) is 0 Å². The maximum Gasteiger partial charge on any atom is 0.416 e. The zero-order valence-corrected chi connectivity index (χ0v) is 17.6. The molecule has 4 heterocycles. The fourth-order valence-corrected chi connectivity index (χ4v) is 6.39. The minimum absolute atomic E-state index is 0.114. The molecule has 9 heteroatoms. The van der Waals surface area contributed by atoms with Crippen LogP contribution in [-0.4, -0.2) is 35.2 Å². The van der Waals surface area contributed by atoms with Crippen molar-refractivity contribution in [3.8, 4) is 0 Å². The Hall–Kier alpha value is -3.20. The number of carbonyl (C=O) groups excluding carboxylic acids is 3. The van der Waals surface area contributed by atoms with Gasteiger partial charge in [-0.25, -0.2) is 4.90 Å². The lowest BCUT2D eigenvalue weighted by atomic mass is 9.75. The number of aryl methyl sites for hydroxylation is 1. The summed E-state index contributed by atoms with van der Waals surface area (Å²) in [4.78, 5) is 43.8. The molecule has 4 aliphatic rings. The number of anilines is 2. The summed E-state index contributed by atoms with van der Waals surface area (Å²) in [5.41, 5.74) is -0.203. The molecular weight excluding hydrogens is 435 g/mol. The smallest absolute Gasteiger partial charge is 0.324 e. The van der Waals surface area contributed by atoms with E-state index in [4.69, 9.17) is 0 Å². The number of rotatable bonds is 1. The monoisotopic (exact) mass is 455 g/mol. The molecule has 0 radical (unpaired) electrons. The zero-order valence-electron chi connectivity index (χ0n) is 17.6. The standard InChI is InChI=1S/C24H20F3N3O3/c1-12-7-8-16-15(10-12)23(22(33)28-16)19-18(17-6-3-9-29(17)23)20(31)30(21(19)32)14-5-2-4-13(11-14)24(25,26)27/h2,4-5,7-8,10-11,17-19H,3,6,9H2,1H3,(H,28,33)/t17-,18+,19-,23+/m0/s1. The molecule has 0 aliphatic carbocycles. The number of hydrogen-bond acceptors (Lipinski definition) is 4. The summed E-state index contributed by atoms with van der Waals surface area (Å²) in [5, 5.41) is 2.89. The molecule has 170 valence electrons. The van der Waals surface area contributed by atoms with Crippen molar-refractivity contribution >= 4 is 29.1 Å². The maximum absolute atomic E-state index is 13.8. The van der Waals surface area contributed by atoms with Gasteiger partial charge >= 0.3 is 6.18 Å². The number of alkyl halides is 3. The molecule has 1 spiro atoms. The molecule has 2 aromatic carbocycles. The molecule has 0 unspecified atom stereocenters. The Bertz CT molecular complexity index is 1240. The lowest BCUT2D eigenvalue weighted by molar-refractivity contribution is -0.137. The molecule has 3 amide bonds. The SMILES string of the molecule is Cc1ccc2c(c1)[C@]1(C(=O)N2)[C@@H]2C(=O)N(c3cccc(C(F)(F)F)c3)C(=O)[C@@H]2[C@@H]2CCCN21. The van der Waals surface area contributed by atoms with Gasteiger partial charge in [0.2, 0.25) is 17.7 Å². The van der Waals surface area contributed by atoms with Gasteiger partial charge in [0.15, 0.2) is 0 Å². The van der Waals surface area contributed by atoms with Crippen LogP contribution in [-0.2, 0) is 26.1 Å². The molecule has 33 heavy (non-hydrogen) atoms. The van der Waals surface area contributed by atoms with E-state index in [-0.39, 0.29) is 17.6 Å². The summed E-state index contributed by atoms with van der Waals surface area (Å²) >= 11 is 0. The van der Waals surface area contributed by atoms with Crippen LogP contribution in [0.3, 0.4) is 0 Å². The number of nitrogens with zero attached hydrogens (tertiary/aromatic N) is 2. The third-order valence-electron chi connectivity index (χ3n) is 7.58. The third-order valence-corrected chi connectivity index (χ3v) is 7.58. The molecule has 4 atom stereocenters. The first-order valence-corrected chi connectivity index (χ1v) is 10.9. The topological polar surface area (TPSA) is 69.7 Å². The summed E-state index contributed by atoms with van der Waals surface area (Å²) in [7, 11) is 0. The third kappa shape index (κ3) is 2.45. The molecule has 6 nitrogen and oxygen atoms in total. The van der Waals surface area contributed by atoms with E-state index in [1.807, 2.05) is 24.0 Å². The lowest BCUT2D eigenvalue weighted by Gasteiger charge is -2.36. The van der Waals surface area contributed by atoms with Crippen LogP contribution in [0.15, 0.2) is 42.5 Å². The van der Waals surface area contributed by atoms with Crippen molar-refractivity contribution in [1.29, 1.82) is 0 Å². The Balaban J connectivity index is 1.53. The van der Waals surface area contributed by atoms with E-state index in [2.05, 4.69) is 5.32 Å². The minimum Gasteiger partial charge on any atom is -0.324 e. The van der Waals surface area contributed by atoms with E-state index >= 15 is 0 Å². The second-order valence-electron chi connectivity index (χ2n) is 9.24. The normalized spacial score (nSPS) is 30.7. The fraction of sp³-hybridized carbons (Fsp3) is 0.375. The second-order valence-corrected chi connectivity index (χ2v) is 9.24. The predicted octanol–water partition coefficient (Wildman–Crippen LogP) is 3.45. The van der Waals surface area contributed by atoms with Crippen molar-refractivity contribution in [3.63, 3.8) is 0 Å². The number of amides is 3. The van der Waals surface area contributed by atoms with Gasteiger partial charge in [-0.3, -0.25) is 19.3 Å². The average Bonchev–Trinajstić information content (AvgIpc) is 3.46.